The molecule has 2 N–H and O–H groups in total. The molecule has 6 heteroatoms. The number of halogens is 1. The lowest BCUT2D eigenvalue weighted by Crippen LogP contribution is -2.26. The van der Waals surface area contributed by atoms with Crippen molar-refractivity contribution in [2.45, 2.75) is 6.54 Å². The molecule has 0 saturated carbocycles. The Morgan fingerprint density at radius 3 is 2.61 bits per heavy atom. The van der Waals surface area contributed by atoms with Gasteiger partial charge >= 0.3 is 0 Å². The number of aromatic nitrogens is 2. The van der Waals surface area contributed by atoms with Crippen molar-refractivity contribution >= 4 is 27.9 Å². The van der Waals surface area contributed by atoms with Gasteiger partial charge in [0.1, 0.15) is 17.8 Å². The number of anilines is 1. The lowest BCUT2D eigenvalue weighted by molar-refractivity contribution is -0.108. The molecule has 0 aliphatic heterocycles. The normalized spacial score (nSPS) is 10.3. The van der Waals surface area contributed by atoms with Gasteiger partial charge in [0, 0.05) is 10.0 Å². The van der Waals surface area contributed by atoms with E-state index in [0.717, 1.165) is 10.0 Å². The van der Waals surface area contributed by atoms with Crippen LogP contribution in [0.1, 0.15) is 0 Å². The van der Waals surface area contributed by atoms with Gasteiger partial charge in [-0.1, -0.05) is 28.1 Å². The number of aldehydes is 1. The third-order valence-electron chi connectivity index (χ3n) is 2.43. The molecule has 0 saturated heterocycles. The quantitative estimate of drug-likeness (QED) is 0.871. The number of hydrogen-bond acceptors (Lipinski definition) is 4. The molecule has 0 spiro atoms. The first-order valence-electron chi connectivity index (χ1n) is 5.18. The fourth-order valence-corrected chi connectivity index (χ4v) is 1.85. The molecular formula is C12H10BrN3O2. The second-order valence-corrected chi connectivity index (χ2v) is 4.54. The Bertz CT molecular complexity index is 635. The summed E-state index contributed by atoms with van der Waals surface area (Å²) in [6.07, 6.45) is 1.95. The average molecular weight is 308 g/mol. The third kappa shape index (κ3) is 2.33. The van der Waals surface area contributed by atoms with Crippen LogP contribution in [0.4, 0.5) is 5.69 Å². The van der Waals surface area contributed by atoms with Gasteiger partial charge in [0.05, 0.1) is 12.7 Å². The zero-order chi connectivity index (χ0) is 13.1. The van der Waals surface area contributed by atoms with Crippen molar-refractivity contribution in [1.82, 2.24) is 9.55 Å². The maximum absolute atomic E-state index is 11.8. The summed E-state index contributed by atoms with van der Waals surface area (Å²) in [6.45, 7) is -0.0672. The molecule has 1 heterocycles. The number of rotatable bonds is 3. The predicted molar refractivity (Wildman–Crippen MR) is 72.1 cm³/mol. The monoisotopic (exact) mass is 307 g/mol. The largest absolute Gasteiger partial charge is 0.393 e. The van der Waals surface area contributed by atoms with E-state index in [1.807, 2.05) is 24.3 Å². The number of carbonyl (C=O) groups excluding carboxylic acids is 1. The molecule has 2 rings (SSSR count). The Kier molecular flexibility index (Phi) is 3.57. The van der Waals surface area contributed by atoms with Gasteiger partial charge in [0.15, 0.2) is 0 Å². The zero-order valence-corrected chi connectivity index (χ0v) is 10.9. The van der Waals surface area contributed by atoms with E-state index in [2.05, 4.69) is 20.9 Å². The van der Waals surface area contributed by atoms with Gasteiger partial charge in [-0.25, -0.2) is 4.98 Å². The molecule has 1 aromatic heterocycles. The Hall–Kier alpha value is -1.95. The van der Waals surface area contributed by atoms with E-state index in [9.17, 15) is 9.59 Å². The first-order chi connectivity index (χ1) is 8.63. The minimum absolute atomic E-state index is 0.0257. The van der Waals surface area contributed by atoms with Crippen LogP contribution < -0.4 is 11.3 Å². The first kappa shape index (κ1) is 12.5. The second kappa shape index (κ2) is 5.14. The molecule has 18 heavy (non-hydrogen) atoms. The van der Waals surface area contributed by atoms with Crippen molar-refractivity contribution in [3.63, 3.8) is 0 Å². The topological polar surface area (TPSA) is 78.0 Å². The molecule has 0 atom stereocenters. The van der Waals surface area contributed by atoms with Crippen molar-refractivity contribution in [3.05, 3.63) is 45.3 Å². The van der Waals surface area contributed by atoms with Crippen LogP contribution in [0, 0.1) is 0 Å². The van der Waals surface area contributed by atoms with E-state index in [4.69, 9.17) is 5.73 Å². The molecule has 0 aliphatic carbocycles. The number of benzene rings is 1. The van der Waals surface area contributed by atoms with E-state index < -0.39 is 5.56 Å². The van der Waals surface area contributed by atoms with Gasteiger partial charge in [-0.3, -0.25) is 9.36 Å². The van der Waals surface area contributed by atoms with Crippen LogP contribution in [0.3, 0.4) is 0 Å². The van der Waals surface area contributed by atoms with E-state index in [0.29, 0.717) is 12.1 Å². The summed E-state index contributed by atoms with van der Waals surface area (Å²) in [7, 11) is 0. The van der Waals surface area contributed by atoms with Crippen LogP contribution >= 0.6 is 15.9 Å². The maximum Gasteiger partial charge on any atom is 0.277 e. The van der Waals surface area contributed by atoms with Crippen LogP contribution in [-0.2, 0) is 11.3 Å². The summed E-state index contributed by atoms with van der Waals surface area (Å²) in [5, 5.41) is 0. The zero-order valence-electron chi connectivity index (χ0n) is 9.34. The lowest BCUT2D eigenvalue weighted by Gasteiger charge is -2.09. The molecule has 0 unspecified atom stereocenters. The SMILES string of the molecule is Nc1cnc(-c2ccc(Br)cc2)n(CC=O)c1=O. The van der Waals surface area contributed by atoms with Crippen LogP contribution in [-0.4, -0.2) is 15.8 Å². The van der Waals surface area contributed by atoms with Gasteiger partial charge < -0.3 is 10.5 Å². The van der Waals surface area contributed by atoms with Crippen molar-refractivity contribution in [2.24, 2.45) is 0 Å². The molecule has 0 amide bonds. The van der Waals surface area contributed by atoms with Crippen LogP contribution in [0.5, 0.6) is 0 Å². The number of hydrogen-bond donors (Lipinski definition) is 1. The minimum atomic E-state index is -0.407. The van der Waals surface area contributed by atoms with Crippen molar-refractivity contribution < 1.29 is 4.79 Å². The summed E-state index contributed by atoms with van der Waals surface area (Å²) >= 11 is 3.33. The summed E-state index contributed by atoms with van der Waals surface area (Å²) in [6, 6.07) is 7.29. The van der Waals surface area contributed by atoms with Crippen LogP contribution in [0.2, 0.25) is 0 Å². The Balaban J connectivity index is 2.63. The molecule has 92 valence electrons. The number of nitrogen functional groups attached to an aromatic ring is 1. The van der Waals surface area contributed by atoms with Crippen LogP contribution in [0.25, 0.3) is 11.4 Å². The lowest BCUT2D eigenvalue weighted by atomic mass is 10.2. The van der Waals surface area contributed by atoms with E-state index in [-0.39, 0.29) is 12.2 Å². The molecular weight excluding hydrogens is 298 g/mol. The van der Waals surface area contributed by atoms with Crippen molar-refractivity contribution in [3.8, 4) is 11.4 Å². The highest BCUT2D eigenvalue weighted by Crippen LogP contribution is 2.19. The third-order valence-corrected chi connectivity index (χ3v) is 2.96. The van der Waals surface area contributed by atoms with Crippen molar-refractivity contribution in [2.75, 3.05) is 5.73 Å². The van der Waals surface area contributed by atoms with Gasteiger partial charge in [-0.05, 0) is 12.1 Å². The Morgan fingerprint density at radius 2 is 2.00 bits per heavy atom. The van der Waals surface area contributed by atoms with Gasteiger partial charge in [0.2, 0.25) is 0 Å². The highest BCUT2D eigenvalue weighted by Gasteiger charge is 2.09. The van der Waals surface area contributed by atoms with Gasteiger partial charge in [-0.2, -0.15) is 0 Å². The molecule has 0 radical (unpaired) electrons. The number of nitrogens with zero attached hydrogens (tertiary/aromatic N) is 2. The maximum atomic E-state index is 11.8. The molecule has 0 fully saturated rings. The smallest absolute Gasteiger partial charge is 0.277 e. The van der Waals surface area contributed by atoms with Gasteiger partial charge in [0.25, 0.3) is 5.56 Å². The summed E-state index contributed by atoms with van der Waals surface area (Å²) < 4.78 is 2.18. The Morgan fingerprint density at radius 1 is 1.33 bits per heavy atom. The fourth-order valence-electron chi connectivity index (χ4n) is 1.58. The van der Waals surface area contributed by atoms with Gasteiger partial charge in [-0.15, -0.1) is 0 Å². The molecule has 2 aromatic rings. The van der Waals surface area contributed by atoms with E-state index in [1.165, 1.54) is 10.8 Å². The average Bonchev–Trinajstić information content (AvgIpc) is 2.37. The molecule has 1 aromatic carbocycles. The van der Waals surface area contributed by atoms with Crippen molar-refractivity contribution in [1.29, 1.82) is 0 Å². The van der Waals surface area contributed by atoms with E-state index in [1.54, 1.807) is 0 Å². The second-order valence-electron chi connectivity index (χ2n) is 3.63. The Labute approximate surface area is 111 Å². The highest BCUT2D eigenvalue weighted by molar-refractivity contribution is 9.10. The standard InChI is InChI=1S/C12H10BrN3O2/c13-9-3-1-8(2-4-9)11-15-7-10(14)12(18)16(11)5-6-17/h1-4,6-7H,5,14H2. The number of nitrogens with two attached hydrogens (primary N) is 1. The molecule has 0 aliphatic rings. The van der Waals surface area contributed by atoms with Crippen LogP contribution in [0.15, 0.2) is 39.7 Å². The number of carbonyl (C=O) groups is 1. The first-order valence-corrected chi connectivity index (χ1v) is 5.97. The predicted octanol–water partition coefficient (Wildman–Crippen LogP) is 1.45. The summed E-state index contributed by atoms with van der Waals surface area (Å²) in [5.41, 5.74) is 5.87. The minimum Gasteiger partial charge on any atom is -0.393 e. The van der Waals surface area contributed by atoms with E-state index >= 15 is 0 Å². The summed E-state index contributed by atoms with van der Waals surface area (Å²) in [4.78, 5) is 26.6. The fraction of sp³-hybridized carbons (Fsp3) is 0.0833. The summed E-state index contributed by atoms with van der Waals surface area (Å²) in [5.74, 6) is 0.425. The molecule has 5 nitrogen and oxygen atoms in total. The highest BCUT2D eigenvalue weighted by atomic mass is 79.9. The molecule has 0 bridgehead atoms.